The predicted octanol–water partition coefficient (Wildman–Crippen LogP) is 3.48. The molecule has 0 bridgehead atoms. The predicted molar refractivity (Wildman–Crippen MR) is 83.5 cm³/mol. The van der Waals surface area contributed by atoms with Gasteiger partial charge in [0.1, 0.15) is 0 Å². The van der Waals surface area contributed by atoms with Gasteiger partial charge in [0.2, 0.25) is 0 Å². The van der Waals surface area contributed by atoms with Crippen molar-refractivity contribution in [3.8, 4) is 0 Å². The molecule has 1 unspecified atom stereocenters. The molecule has 2 aromatic carbocycles. The number of rotatable bonds is 5. The molecule has 0 saturated heterocycles. The number of halogens is 1. The molecule has 0 fully saturated rings. The van der Waals surface area contributed by atoms with Crippen molar-refractivity contribution in [2.24, 2.45) is 0 Å². The smallest absolute Gasteiger partial charge is 0.0498 e. The van der Waals surface area contributed by atoms with Crippen LogP contribution in [0.4, 0.5) is 0 Å². The molecule has 2 nitrogen and oxygen atoms in total. The molecule has 0 amide bonds. The second-order valence-electron chi connectivity index (χ2n) is 4.33. The van der Waals surface area contributed by atoms with Gasteiger partial charge in [0.05, 0.1) is 0 Å². The minimum atomic E-state index is -0.900. The van der Waals surface area contributed by atoms with Crippen LogP contribution in [0.15, 0.2) is 57.9 Å². The quantitative estimate of drug-likeness (QED) is 0.904. The van der Waals surface area contributed by atoms with Crippen molar-refractivity contribution in [1.29, 1.82) is 0 Å². The summed E-state index contributed by atoms with van der Waals surface area (Å²) in [4.78, 5) is 0.872. The van der Waals surface area contributed by atoms with E-state index in [1.807, 2.05) is 36.4 Å². The lowest BCUT2D eigenvalue weighted by atomic mass is 10.2. The summed E-state index contributed by atoms with van der Waals surface area (Å²) in [6.45, 7) is 1.65. The number of hydrogen-bond donors (Lipinski definition) is 1. The van der Waals surface area contributed by atoms with E-state index in [9.17, 15) is 4.21 Å². The zero-order valence-electron chi connectivity index (χ0n) is 10.7. The zero-order valence-corrected chi connectivity index (χ0v) is 13.1. The first-order valence-electron chi connectivity index (χ1n) is 6.02. The SMILES string of the molecule is CS(=O)c1ccc(CNCc2ccc(Br)cc2)cc1. The molecule has 0 aromatic heterocycles. The molecule has 1 N–H and O–H groups in total. The summed E-state index contributed by atoms with van der Waals surface area (Å²) in [6, 6.07) is 16.2. The minimum Gasteiger partial charge on any atom is -0.309 e. The van der Waals surface area contributed by atoms with Crippen LogP contribution in [0.5, 0.6) is 0 Å². The third-order valence-corrected chi connectivity index (χ3v) is 4.29. The molecule has 0 heterocycles. The number of nitrogens with one attached hydrogen (secondary N) is 1. The van der Waals surface area contributed by atoms with E-state index in [1.54, 1.807) is 6.26 Å². The van der Waals surface area contributed by atoms with Crippen LogP contribution in [-0.2, 0) is 23.9 Å². The van der Waals surface area contributed by atoms with Crippen molar-refractivity contribution in [2.75, 3.05) is 6.26 Å². The molecular formula is C15H16BrNOS. The maximum Gasteiger partial charge on any atom is 0.0498 e. The molecule has 1 atom stereocenters. The number of benzene rings is 2. The van der Waals surface area contributed by atoms with E-state index in [1.165, 1.54) is 11.1 Å². The van der Waals surface area contributed by atoms with Crippen molar-refractivity contribution in [2.45, 2.75) is 18.0 Å². The third-order valence-electron chi connectivity index (χ3n) is 2.83. The van der Waals surface area contributed by atoms with Crippen LogP contribution in [0, 0.1) is 0 Å². The van der Waals surface area contributed by atoms with E-state index in [4.69, 9.17) is 0 Å². The van der Waals surface area contributed by atoms with E-state index in [2.05, 4.69) is 33.4 Å². The molecule has 4 heteroatoms. The Kier molecular flexibility index (Phi) is 5.31. The first-order valence-corrected chi connectivity index (χ1v) is 8.38. The van der Waals surface area contributed by atoms with Crippen molar-refractivity contribution in [1.82, 2.24) is 5.32 Å². The Labute approximate surface area is 124 Å². The second kappa shape index (κ2) is 6.98. The topological polar surface area (TPSA) is 29.1 Å². The van der Waals surface area contributed by atoms with Gasteiger partial charge in [-0.2, -0.15) is 0 Å². The normalized spacial score (nSPS) is 12.3. The fourth-order valence-corrected chi connectivity index (χ4v) is 2.54. The average molecular weight is 338 g/mol. The summed E-state index contributed by atoms with van der Waals surface area (Å²) in [7, 11) is -0.900. The average Bonchev–Trinajstić information content (AvgIpc) is 2.41. The van der Waals surface area contributed by atoms with Crippen LogP contribution in [-0.4, -0.2) is 10.5 Å². The van der Waals surface area contributed by atoms with E-state index in [-0.39, 0.29) is 0 Å². The van der Waals surface area contributed by atoms with Crippen molar-refractivity contribution in [3.05, 3.63) is 64.1 Å². The van der Waals surface area contributed by atoms with Gasteiger partial charge in [-0.1, -0.05) is 40.2 Å². The molecule has 2 rings (SSSR count). The highest BCUT2D eigenvalue weighted by atomic mass is 79.9. The van der Waals surface area contributed by atoms with E-state index in [0.717, 1.165) is 22.5 Å². The molecule has 0 aliphatic carbocycles. The first-order chi connectivity index (χ1) is 9.15. The van der Waals surface area contributed by atoms with Crippen molar-refractivity contribution in [3.63, 3.8) is 0 Å². The van der Waals surface area contributed by atoms with Gasteiger partial charge in [-0.25, -0.2) is 0 Å². The Bertz CT molecular complexity index is 551. The van der Waals surface area contributed by atoms with Gasteiger partial charge in [0, 0.05) is 39.5 Å². The minimum absolute atomic E-state index is 0.812. The lowest BCUT2D eigenvalue weighted by Crippen LogP contribution is -2.12. The highest BCUT2D eigenvalue weighted by Gasteiger charge is 1.98. The monoisotopic (exact) mass is 337 g/mol. The largest absolute Gasteiger partial charge is 0.309 e. The third kappa shape index (κ3) is 4.56. The summed E-state index contributed by atoms with van der Waals surface area (Å²) >= 11 is 3.42. The van der Waals surface area contributed by atoms with Crippen LogP contribution in [0.2, 0.25) is 0 Å². The second-order valence-corrected chi connectivity index (χ2v) is 6.62. The van der Waals surface area contributed by atoms with E-state index in [0.29, 0.717) is 0 Å². The Morgan fingerprint density at radius 2 is 1.42 bits per heavy atom. The van der Waals surface area contributed by atoms with Crippen molar-refractivity contribution < 1.29 is 4.21 Å². The highest BCUT2D eigenvalue weighted by Crippen LogP contribution is 2.11. The summed E-state index contributed by atoms with van der Waals surface area (Å²) in [5.41, 5.74) is 2.46. The van der Waals surface area contributed by atoms with Crippen LogP contribution in [0.1, 0.15) is 11.1 Å². The van der Waals surface area contributed by atoms with Gasteiger partial charge in [0.25, 0.3) is 0 Å². The van der Waals surface area contributed by atoms with Crippen LogP contribution < -0.4 is 5.32 Å². The van der Waals surface area contributed by atoms with Crippen LogP contribution >= 0.6 is 15.9 Å². The molecule has 0 aliphatic heterocycles. The standard InChI is InChI=1S/C15H16BrNOS/c1-19(18)15-8-4-13(5-9-15)11-17-10-12-2-6-14(16)7-3-12/h2-9,17H,10-11H2,1H3. The Hall–Kier alpha value is -0.970. The Balaban J connectivity index is 1.85. The maximum absolute atomic E-state index is 11.3. The van der Waals surface area contributed by atoms with Crippen LogP contribution in [0.25, 0.3) is 0 Å². The molecule has 2 aromatic rings. The van der Waals surface area contributed by atoms with Gasteiger partial charge in [-0.3, -0.25) is 4.21 Å². The summed E-state index contributed by atoms with van der Waals surface area (Å²) < 4.78 is 12.4. The fraction of sp³-hybridized carbons (Fsp3) is 0.200. The van der Waals surface area contributed by atoms with E-state index < -0.39 is 10.8 Å². The molecule has 0 radical (unpaired) electrons. The molecule has 0 saturated carbocycles. The van der Waals surface area contributed by atoms with Gasteiger partial charge in [-0.15, -0.1) is 0 Å². The lowest BCUT2D eigenvalue weighted by molar-refractivity contribution is 0.685. The maximum atomic E-state index is 11.3. The van der Waals surface area contributed by atoms with Gasteiger partial charge >= 0.3 is 0 Å². The molecule has 0 spiro atoms. The number of hydrogen-bond acceptors (Lipinski definition) is 2. The van der Waals surface area contributed by atoms with Crippen molar-refractivity contribution >= 4 is 26.7 Å². The van der Waals surface area contributed by atoms with Gasteiger partial charge in [0.15, 0.2) is 0 Å². The molecule has 100 valence electrons. The fourth-order valence-electron chi connectivity index (χ4n) is 1.75. The van der Waals surface area contributed by atoms with Crippen LogP contribution in [0.3, 0.4) is 0 Å². The molecule has 0 aliphatic rings. The van der Waals surface area contributed by atoms with Gasteiger partial charge in [-0.05, 0) is 35.4 Å². The zero-order chi connectivity index (χ0) is 13.7. The molecule has 19 heavy (non-hydrogen) atoms. The summed E-state index contributed by atoms with van der Waals surface area (Å²) in [6.07, 6.45) is 1.70. The molecular weight excluding hydrogens is 322 g/mol. The highest BCUT2D eigenvalue weighted by molar-refractivity contribution is 9.10. The Morgan fingerprint density at radius 1 is 0.947 bits per heavy atom. The van der Waals surface area contributed by atoms with Gasteiger partial charge < -0.3 is 5.32 Å². The first kappa shape index (κ1) is 14.4. The van der Waals surface area contributed by atoms with E-state index >= 15 is 0 Å². The summed E-state index contributed by atoms with van der Waals surface area (Å²) in [5, 5.41) is 3.39. The summed E-state index contributed by atoms with van der Waals surface area (Å²) in [5.74, 6) is 0. The Morgan fingerprint density at radius 3 is 1.89 bits per heavy atom. The lowest BCUT2D eigenvalue weighted by Gasteiger charge is -2.06.